The van der Waals surface area contributed by atoms with Gasteiger partial charge < -0.3 is 24.3 Å². The van der Waals surface area contributed by atoms with Gasteiger partial charge in [-0.3, -0.25) is 4.99 Å². The molecule has 1 aromatic rings. The molecule has 0 saturated carbocycles. The number of hydrogen-bond donors (Lipinski definition) is 1. The van der Waals surface area contributed by atoms with Crippen molar-refractivity contribution < 1.29 is 9.47 Å². The summed E-state index contributed by atoms with van der Waals surface area (Å²) in [4.78, 5) is 6.41. The van der Waals surface area contributed by atoms with E-state index in [0.717, 1.165) is 17.0 Å². The molecule has 1 aliphatic rings. The summed E-state index contributed by atoms with van der Waals surface area (Å²) in [5.74, 6) is 0.849. The molecule has 1 fully saturated rings. The van der Waals surface area contributed by atoms with E-state index in [1.54, 1.807) is 7.05 Å². The summed E-state index contributed by atoms with van der Waals surface area (Å²) >= 11 is 3.49. The Morgan fingerprint density at radius 2 is 2.32 bits per heavy atom. The summed E-state index contributed by atoms with van der Waals surface area (Å²) in [6, 6.07) is 2.11. The van der Waals surface area contributed by atoms with Crippen molar-refractivity contribution in [2.45, 2.75) is 12.6 Å². The van der Waals surface area contributed by atoms with E-state index in [1.165, 1.54) is 5.69 Å². The SMILES string of the molecule is CN=C(NCC1COCCO1)N(C)Cc1cc(Br)cn1C.I. The van der Waals surface area contributed by atoms with E-state index in [0.29, 0.717) is 26.4 Å². The van der Waals surface area contributed by atoms with E-state index >= 15 is 0 Å². The van der Waals surface area contributed by atoms with Gasteiger partial charge in [0.05, 0.1) is 32.5 Å². The Bertz CT molecular complexity index is 489. The minimum atomic E-state index is 0. The maximum Gasteiger partial charge on any atom is 0.193 e. The van der Waals surface area contributed by atoms with Gasteiger partial charge in [0.25, 0.3) is 0 Å². The third kappa shape index (κ3) is 5.71. The molecule has 0 amide bonds. The van der Waals surface area contributed by atoms with E-state index < -0.39 is 0 Å². The summed E-state index contributed by atoms with van der Waals surface area (Å²) in [5.41, 5.74) is 1.21. The first-order valence-corrected chi connectivity index (χ1v) is 7.81. The van der Waals surface area contributed by atoms with Crippen molar-refractivity contribution in [2.75, 3.05) is 40.5 Å². The molecular weight excluding hydrogens is 463 g/mol. The average molecular weight is 487 g/mol. The van der Waals surface area contributed by atoms with Crippen LogP contribution in [0.4, 0.5) is 0 Å². The van der Waals surface area contributed by atoms with Crippen LogP contribution in [-0.2, 0) is 23.1 Å². The van der Waals surface area contributed by atoms with Crippen molar-refractivity contribution in [3.63, 3.8) is 0 Å². The summed E-state index contributed by atoms with van der Waals surface area (Å²) in [6.45, 7) is 3.47. The van der Waals surface area contributed by atoms with Gasteiger partial charge >= 0.3 is 0 Å². The van der Waals surface area contributed by atoms with Gasteiger partial charge in [-0.05, 0) is 22.0 Å². The summed E-state index contributed by atoms with van der Waals surface area (Å²) in [6.07, 6.45) is 2.14. The fourth-order valence-corrected chi connectivity index (χ4v) is 2.86. The van der Waals surface area contributed by atoms with E-state index in [1.807, 2.05) is 20.3 Å². The van der Waals surface area contributed by atoms with Gasteiger partial charge in [0.2, 0.25) is 0 Å². The molecule has 1 unspecified atom stereocenters. The van der Waals surface area contributed by atoms with Crippen molar-refractivity contribution in [1.82, 2.24) is 14.8 Å². The summed E-state index contributed by atoms with van der Waals surface area (Å²) in [7, 11) is 5.85. The second-order valence-electron chi connectivity index (χ2n) is 5.11. The molecule has 1 N–H and O–H groups in total. The first-order chi connectivity index (χ1) is 10.1. The zero-order chi connectivity index (χ0) is 15.2. The highest BCUT2D eigenvalue weighted by Gasteiger charge is 2.16. The van der Waals surface area contributed by atoms with Crippen LogP contribution in [0.1, 0.15) is 5.69 Å². The van der Waals surface area contributed by atoms with E-state index in [2.05, 4.69) is 41.8 Å². The minimum absolute atomic E-state index is 0. The van der Waals surface area contributed by atoms with Crippen LogP contribution in [0.15, 0.2) is 21.7 Å². The number of ether oxygens (including phenoxy) is 2. The fraction of sp³-hybridized carbons (Fsp3) is 0.643. The van der Waals surface area contributed by atoms with Crippen molar-refractivity contribution in [2.24, 2.45) is 12.0 Å². The van der Waals surface area contributed by atoms with Gasteiger partial charge in [0.15, 0.2) is 5.96 Å². The molecule has 0 spiro atoms. The molecule has 6 nitrogen and oxygen atoms in total. The summed E-state index contributed by atoms with van der Waals surface area (Å²) in [5, 5.41) is 3.34. The Labute approximate surface area is 157 Å². The van der Waals surface area contributed by atoms with E-state index in [-0.39, 0.29) is 30.1 Å². The highest BCUT2D eigenvalue weighted by molar-refractivity contribution is 14.0. The molecule has 0 bridgehead atoms. The summed E-state index contributed by atoms with van der Waals surface area (Å²) < 4.78 is 14.2. The van der Waals surface area contributed by atoms with Gasteiger partial charge in [-0.1, -0.05) is 0 Å². The Kier molecular flexibility index (Phi) is 8.73. The van der Waals surface area contributed by atoms with Crippen molar-refractivity contribution >= 4 is 45.9 Å². The molecule has 0 aliphatic carbocycles. The third-order valence-electron chi connectivity index (χ3n) is 3.42. The average Bonchev–Trinajstić information content (AvgIpc) is 2.78. The number of nitrogens with zero attached hydrogens (tertiary/aromatic N) is 3. The highest BCUT2D eigenvalue weighted by Crippen LogP contribution is 2.14. The van der Waals surface area contributed by atoms with Crippen LogP contribution in [0.2, 0.25) is 0 Å². The molecule has 8 heteroatoms. The molecule has 0 radical (unpaired) electrons. The lowest BCUT2D eigenvalue weighted by molar-refractivity contribution is -0.0851. The number of aromatic nitrogens is 1. The minimum Gasteiger partial charge on any atom is -0.376 e. The number of guanidine groups is 1. The lowest BCUT2D eigenvalue weighted by Gasteiger charge is -2.27. The smallest absolute Gasteiger partial charge is 0.193 e. The first kappa shape index (κ1) is 19.7. The Morgan fingerprint density at radius 3 is 2.86 bits per heavy atom. The van der Waals surface area contributed by atoms with Gasteiger partial charge in [0.1, 0.15) is 0 Å². The standard InChI is InChI=1S/C14H23BrN4O2.HI/c1-16-14(17-7-13-10-20-4-5-21-13)19(3)9-12-6-11(15)8-18(12)2;/h6,8,13H,4-5,7,9-10H2,1-3H3,(H,16,17);1H. The Hall–Kier alpha value is -0.320. The molecule has 1 atom stereocenters. The molecule has 22 heavy (non-hydrogen) atoms. The second kappa shape index (κ2) is 9.74. The normalized spacial score (nSPS) is 18.7. The largest absolute Gasteiger partial charge is 0.376 e. The van der Waals surface area contributed by atoms with Crippen molar-refractivity contribution in [1.29, 1.82) is 0 Å². The Morgan fingerprint density at radius 1 is 1.55 bits per heavy atom. The molecule has 1 aliphatic heterocycles. The van der Waals surface area contributed by atoms with Crippen LogP contribution in [0.25, 0.3) is 0 Å². The maximum atomic E-state index is 5.62. The van der Waals surface area contributed by atoms with Gasteiger partial charge in [-0.15, -0.1) is 24.0 Å². The van der Waals surface area contributed by atoms with Crippen LogP contribution in [0, 0.1) is 0 Å². The number of hydrogen-bond acceptors (Lipinski definition) is 3. The topological polar surface area (TPSA) is 51.0 Å². The first-order valence-electron chi connectivity index (χ1n) is 7.02. The van der Waals surface area contributed by atoms with E-state index in [4.69, 9.17) is 9.47 Å². The van der Waals surface area contributed by atoms with Gasteiger partial charge in [-0.2, -0.15) is 0 Å². The van der Waals surface area contributed by atoms with Gasteiger partial charge in [0, 0.05) is 44.1 Å². The number of aryl methyl sites for hydroxylation is 1. The zero-order valence-corrected chi connectivity index (χ0v) is 17.1. The molecular formula is C14H24BrIN4O2. The maximum absolute atomic E-state index is 5.62. The molecule has 2 rings (SSSR count). The van der Waals surface area contributed by atoms with Gasteiger partial charge in [-0.25, -0.2) is 0 Å². The van der Waals surface area contributed by atoms with Crippen LogP contribution < -0.4 is 5.32 Å². The quantitative estimate of drug-likeness (QED) is 0.401. The molecule has 126 valence electrons. The molecule has 1 saturated heterocycles. The predicted molar refractivity (Wildman–Crippen MR) is 102 cm³/mol. The van der Waals surface area contributed by atoms with E-state index in [9.17, 15) is 0 Å². The van der Waals surface area contributed by atoms with Crippen LogP contribution in [0.5, 0.6) is 0 Å². The molecule has 1 aromatic heterocycles. The lowest BCUT2D eigenvalue weighted by Crippen LogP contribution is -2.45. The number of halogens is 2. The monoisotopic (exact) mass is 486 g/mol. The second-order valence-corrected chi connectivity index (χ2v) is 6.03. The number of aliphatic imine (C=N–C) groups is 1. The van der Waals surface area contributed by atoms with Crippen molar-refractivity contribution in [3.8, 4) is 0 Å². The number of rotatable bonds is 4. The molecule has 2 heterocycles. The molecule has 0 aromatic carbocycles. The van der Waals surface area contributed by atoms with Crippen LogP contribution in [0.3, 0.4) is 0 Å². The van der Waals surface area contributed by atoms with Crippen LogP contribution in [-0.4, -0.2) is 62.0 Å². The van der Waals surface area contributed by atoms with Crippen molar-refractivity contribution in [3.05, 3.63) is 22.4 Å². The highest BCUT2D eigenvalue weighted by atomic mass is 127. The zero-order valence-electron chi connectivity index (χ0n) is 13.2. The third-order valence-corrected chi connectivity index (χ3v) is 3.85. The predicted octanol–water partition coefficient (Wildman–Crippen LogP) is 1.83. The lowest BCUT2D eigenvalue weighted by atomic mass is 10.3. The fourth-order valence-electron chi connectivity index (χ4n) is 2.29. The Balaban J connectivity index is 0.00000242. The number of nitrogens with one attached hydrogen (secondary N) is 1. The van der Waals surface area contributed by atoms with Crippen LogP contribution >= 0.6 is 39.9 Å².